The molecule has 2 aliphatic rings. The molecule has 2 aromatic carbocycles. The van der Waals surface area contributed by atoms with Crippen LogP contribution in [0.4, 0.5) is 5.69 Å². The maximum Gasteiger partial charge on any atom is 0.326 e. The molecule has 6 nitrogen and oxygen atoms in total. The van der Waals surface area contributed by atoms with Gasteiger partial charge < -0.3 is 15.3 Å². The molecular formula is C20H18N2O4. The van der Waals surface area contributed by atoms with Crippen molar-refractivity contribution in [2.75, 3.05) is 5.32 Å². The standard InChI is InChI=1S/C20H18N2O4/c23-18-10-15(14-7-3-4-8-16(14)21-18)19(24)22-11-13-6-2-1-5-12(13)9-17(22)20(25)26/h1-8,15,17H,9-11H2,(H,21,23)(H,25,26)/t15-,17-/m1/s1. The average Bonchev–Trinajstić information content (AvgIpc) is 2.65. The van der Waals surface area contributed by atoms with Gasteiger partial charge in [0, 0.05) is 25.1 Å². The van der Waals surface area contributed by atoms with Gasteiger partial charge in [-0.1, -0.05) is 42.5 Å². The van der Waals surface area contributed by atoms with Crippen molar-refractivity contribution < 1.29 is 19.5 Å². The van der Waals surface area contributed by atoms with Crippen LogP contribution in [0, 0.1) is 0 Å². The fraction of sp³-hybridized carbons (Fsp3) is 0.250. The molecule has 0 spiro atoms. The number of anilines is 1. The van der Waals surface area contributed by atoms with E-state index in [1.165, 1.54) is 4.90 Å². The minimum absolute atomic E-state index is 0.0281. The Kier molecular flexibility index (Phi) is 3.95. The summed E-state index contributed by atoms with van der Waals surface area (Å²) in [6, 6.07) is 13.8. The molecule has 4 rings (SSSR count). The Morgan fingerprint density at radius 3 is 2.46 bits per heavy atom. The summed E-state index contributed by atoms with van der Waals surface area (Å²) in [5.74, 6) is -2.23. The molecule has 2 atom stereocenters. The Hall–Kier alpha value is -3.15. The van der Waals surface area contributed by atoms with Crippen molar-refractivity contribution in [3.05, 3.63) is 65.2 Å². The molecule has 2 aliphatic heterocycles. The van der Waals surface area contributed by atoms with Crippen LogP contribution in [0.1, 0.15) is 29.0 Å². The van der Waals surface area contributed by atoms with Gasteiger partial charge in [0.2, 0.25) is 11.8 Å². The highest BCUT2D eigenvalue weighted by Gasteiger charge is 2.40. The average molecular weight is 350 g/mol. The predicted octanol–water partition coefficient (Wildman–Crippen LogP) is 2.15. The molecule has 2 N–H and O–H groups in total. The second-order valence-corrected chi connectivity index (χ2v) is 6.69. The molecule has 132 valence electrons. The number of hydrogen-bond acceptors (Lipinski definition) is 3. The van der Waals surface area contributed by atoms with Crippen molar-refractivity contribution in [1.29, 1.82) is 0 Å². The third kappa shape index (κ3) is 2.73. The predicted molar refractivity (Wildman–Crippen MR) is 94.5 cm³/mol. The number of amides is 2. The first-order chi connectivity index (χ1) is 12.5. The van der Waals surface area contributed by atoms with Crippen molar-refractivity contribution in [1.82, 2.24) is 4.90 Å². The summed E-state index contributed by atoms with van der Waals surface area (Å²) in [5, 5.41) is 12.4. The number of carboxylic acids is 1. The number of carbonyl (C=O) groups excluding carboxylic acids is 2. The molecular weight excluding hydrogens is 332 g/mol. The van der Waals surface area contributed by atoms with E-state index in [1.807, 2.05) is 36.4 Å². The Labute approximate surface area is 150 Å². The van der Waals surface area contributed by atoms with E-state index in [1.54, 1.807) is 12.1 Å². The number of aliphatic carboxylic acids is 1. The molecule has 0 saturated heterocycles. The molecule has 2 heterocycles. The summed E-state index contributed by atoms with van der Waals surface area (Å²) in [7, 11) is 0. The SMILES string of the molecule is O=C1C[C@@H](C(=O)N2Cc3ccccc3C[C@@H]2C(=O)O)c2ccccc2N1. The molecule has 0 aliphatic carbocycles. The minimum Gasteiger partial charge on any atom is -0.480 e. The van der Waals surface area contributed by atoms with Gasteiger partial charge in [0.25, 0.3) is 0 Å². The van der Waals surface area contributed by atoms with Crippen molar-refractivity contribution in [3.63, 3.8) is 0 Å². The van der Waals surface area contributed by atoms with E-state index < -0.39 is 17.9 Å². The number of carboxylic acid groups (broad SMARTS) is 1. The first kappa shape index (κ1) is 16.3. The lowest BCUT2D eigenvalue weighted by atomic mass is 9.87. The lowest BCUT2D eigenvalue weighted by Crippen LogP contribution is -2.51. The maximum absolute atomic E-state index is 13.3. The number of nitrogens with one attached hydrogen (secondary N) is 1. The van der Waals surface area contributed by atoms with E-state index in [-0.39, 0.29) is 31.2 Å². The van der Waals surface area contributed by atoms with Gasteiger partial charge in [-0.2, -0.15) is 0 Å². The Bertz CT molecular complexity index is 908. The summed E-state index contributed by atoms with van der Waals surface area (Å²) in [4.78, 5) is 38.5. The Morgan fingerprint density at radius 1 is 1.00 bits per heavy atom. The fourth-order valence-electron chi connectivity index (χ4n) is 3.81. The number of rotatable bonds is 2. The number of para-hydroxylation sites is 1. The van der Waals surface area contributed by atoms with Gasteiger partial charge >= 0.3 is 5.97 Å². The smallest absolute Gasteiger partial charge is 0.326 e. The molecule has 0 saturated carbocycles. The van der Waals surface area contributed by atoms with Gasteiger partial charge in [0.05, 0.1) is 5.92 Å². The number of benzene rings is 2. The van der Waals surface area contributed by atoms with Gasteiger partial charge in [-0.3, -0.25) is 9.59 Å². The second kappa shape index (κ2) is 6.29. The summed E-state index contributed by atoms with van der Waals surface area (Å²) in [6.07, 6.45) is 0.304. The maximum atomic E-state index is 13.3. The molecule has 0 bridgehead atoms. The van der Waals surface area contributed by atoms with Crippen molar-refractivity contribution in [3.8, 4) is 0 Å². The summed E-state index contributed by atoms with van der Waals surface area (Å²) in [5.41, 5.74) is 3.25. The number of carbonyl (C=O) groups is 3. The zero-order chi connectivity index (χ0) is 18.3. The Balaban J connectivity index is 1.71. The summed E-state index contributed by atoms with van der Waals surface area (Å²) < 4.78 is 0. The van der Waals surface area contributed by atoms with Crippen molar-refractivity contribution in [2.45, 2.75) is 31.3 Å². The van der Waals surface area contributed by atoms with Gasteiger partial charge in [-0.25, -0.2) is 4.79 Å². The second-order valence-electron chi connectivity index (χ2n) is 6.69. The van der Waals surface area contributed by atoms with Crippen LogP contribution in [0.25, 0.3) is 0 Å². The topological polar surface area (TPSA) is 86.7 Å². The van der Waals surface area contributed by atoms with Gasteiger partial charge in [-0.05, 0) is 22.8 Å². The van der Waals surface area contributed by atoms with E-state index in [0.717, 1.165) is 16.7 Å². The van der Waals surface area contributed by atoms with Crippen molar-refractivity contribution >= 4 is 23.5 Å². The zero-order valence-electron chi connectivity index (χ0n) is 14.0. The number of nitrogens with zero attached hydrogens (tertiary/aromatic N) is 1. The third-order valence-electron chi connectivity index (χ3n) is 5.11. The zero-order valence-corrected chi connectivity index (χ0v) is 14.0. The highest BCUT2D eigenvalue weighted by Crippen LogP contribution is 2.35. The highest BCUT2D eigenvalue weighted by atomic mass is 16.4. The van der Waals surface area contributed by atoms with Crippen LogP contribution < -0.4 is 5.32 Å². The lowest BCUT2D eigenvalue weighted by Gasteiger charge is -2.37. The van der Waals surface area contributed by atoms with Crippen LogP contribution in [0.3, 0.4) is 0 Å². The molecule has 0 aromatic heterocycles. The van der Waals surface area contributed by atoms with Crippen LogP contribution in [0.5, 0.6) is 0 Å². The lowest BCUT2D eigenvalue weighted by molar-refractivity contribution is -0.152. The van der Waals surface area contributed by atoms with Crippen LogP contribution >= 0.6 is 0 Å². The van der Waals surface area contributed by atoms with Crippen molar-refractivity contribution in [2.24, 2.45) is 0 Å². The molecule has 2 amide bonds. The third-order valence-corrected chi connectivity index (χ3v) is 5.11. The normalized spacial score (nSPS) is 21.4. The number of hydrogen-bond donors (Lipinski definition) is 2. The van der Waals surface area contributed by atoms with Gasteiger partial charge in [0.15, 0.2) is 0 Å². The van der Waals surface area contributed by atoms with E-state index in [9.17, 15) is 19.5 Å². The van der Waals surface area contributed by atoms with Crippen LogP contribution in [0.2, 0.25) is 0 Å². The Morgan fingerprint density at radius 2 is 1.69 bits per heavy atom. The molecule has 0 fully saturated rings. The first-order valence-corrected chi connectivity index (χ1v) is 8.53. The molecule has 6 heteroatoms. The summed E-state index contributed by atoms with van der Waals surface area (Å²) >= 11 is 0. The van der Waals surface area contributed by atoms with E-state index >= 15 is 0 Å². The van der Waals surface area contributed by atoms with Crippen LogP contribution in [-0.2, 0) is 27.3 Å². The van der Waals surface area contributed by atoms with Crippen LogP contribution in [0.15, 0.2) is 48.5 Å². The minimum atomic E-state index is -1.03. The van der Waals surface area contributed by atoms with Gasteiger partial charge in [-0.15, -0.1) is 0 Å². The summed E-state index contributed by atoms with van der Waals surface area (Å²) in [6.45, 7) is 0.242. The molecule has 26 heavy (non-hydrogen) atoms. The molecule has 0 unspecified atom stereocenters. The fourth-order valence-corrected chi connectivity index (χ4v) is 3.81. The quantitative estimate of drug-likeness (QED) is 0.869. The van der Waals surface area contributed by atoms with Crippen LogP contribution in [-0.4, -0.2) is 33.8 Å². The first-order valence-electron chi connectivity index (χ1n) is 8.53. The molecule has 0 radical (unpaired) electrons. The van der Waals surface area contributed by atoms with E-state index in [0.29, 0.717) is 5.69 Å². The monoisotopic (exact) mass is 350 g/mol. The largest absolute Gasteiger partial charge is 0.480 e. The number of fused-ring (bicyclic) bond motifs is 2. The molecule has 2 aromatic rings. The highest BCUT2D eigenvalue weighted by molar-refractivity contribution is 6.01. The van der Waals surface area contributed by atoms with E-state index in [2.05, 4.69) is 5.32 Å². The van der Waals surface area contributed by atoms with Gasteiger partial charge in [0.1, 0.15) is 6.04 Å². The van der Waals surface area contributed by atoms with E-state index in [4.69, 9.17) is 0 Å².